The largest absolute Gasteiger partial charge is 0.330 e. The highest BCUT2D eigenvalue weighted by atomic mass is 32.2. The van der Waals surface area contributed by atoms with Crippen LogP contribution >= 0.6 is 0 Å². The summed E-state index contributed by atoms with van der Waals surface area (Å²) in [6.07, 6.45) is 4.75. The Hall–Kier alpha value is -3.04. The molecule has 144 valence electrons. The third kappa shape index (κ3) is 3.95. The molecule has 8 nitrogen and oxygen atoms in total. The minimum atomic E-state index is -3.45. The maximum absolute atomic E-state index is 12.5. The lowest BCUT2D eigenvalue weighted by molar-refractivity contribution is 0.561. The maximum Gasteiger partial charge on any atom is 0.213 e. The molecular weight excluding hydrogens is 376 g/mol. The van der Waals surface area contributed by atoms with E-state index in [0.29, 0.717) is 6.54 Å². The fourth-order valence-corrected chi connectivity index (χ4v) is 4.29. The van der Waals surface area contributed by atoms with Gasteiger partial charge in [0.05, 0.1) is 28.8 Å². The molecule has 0 saturated heterocycles. The number of aromatic nitrogens is 5. The number of hydrogen-bond donors (Lipinski definition) is 1. The summed E-state index contributed by atoms with van der Waals surface area (Å²) in [7, 11) is -3.45. The van der Waals surface area contributed by atoms with Gasteiger partial charge in [0.1, 0.15) is 12.7 Å². The molecule has 0 amide bonds. The number of nitrogens with one attached hydrogen (secondary N) is 1. The highest BCUT2D eigenvalue weighted by molar-refractivity contribution is 7.89. The molecule has 0 unspecified atom stereocenters. The molecule has 0 radical (unpaired) electrons. The highest BCUT2D eigenvalue weighted by Gasteiger charge is 2.16. The monoisotopic (exact) mass is 396 g/mol. The van der Waals surface area contributed by atoms with Gasteiger partial charge < -0.3 is 4.57 Å². The first-order valence-corrected chi connectivity index (χ1v) is 10.5. The van der Waals surface area contributed by atoms with Crippen molar-refractivity contribution in [1.82, 2.24) is 29.0 Å². The number of fused-ring (bicyclic) bond motifs is 1. The van der Waals surface area contributed by atoms with Crippen molar-refractivity contribution >= 4 is 21.1 Å². The Morgan fingerprint density at radius 1 is 1.07 bits per heavy atom. The van der Waals surface area contributed by atoms with Crippen molar-refractivity contribution in [3.05, 3.63) is 73.1 Å². The number of para-hydroxylation sites is 2. The molecule has 1 N–H and O–H groups in total. The fourth-order valence-electron chi connectivity index (χ4n) is 3.06. The number of imidazole rings is 1. The van der Waals surface area contributed by atoms with Gasteiger partial charge in [-0.1, -0.05) is 24.3 Å². The zero-order valence-electron chi connectivity index (χ0n) is 15.3. The summed E-state index contributed by atoms with van der Waals surface area (Å²) in [5, 5.41) is 4.08. The molecule has 0 spiro atoms. The average Bonchev–Trinajstić information content (AvgIpc) is 3.36. The van der Waals surface area contributed by atoms with Crippen LogP contribution in [-0.2, 0) is 16.6 Å². The van der Waals surface area contributed by atoms with E-state index in [9.17, 15) is 8.42 Å². The third-order valence-electron chi connectivity index (χ3n) is 4.56. The van der Waals surface area contributed by atoms with Crippen LogP contribution in [0.2, 0.25) is 0 Å². The molecule has 4 aromatic rings. The van der Waals surface area contributed by atoms with Gasteiger partial charge in [-0.25, -0.2) is 27.8 Å². The summed E-state index contributed by atoms with van der Waals surface area (Å²) in [6.45, 7) is 2.17. The van der Waals surface area contributed by atoms with Crippen LogP contribution in [0.5, 0.6) is 0 Å². The van der Waals surface area contributed by atoms with Crippen molar-refractivity contribution in [3.8, 4) is 5.69 Å². The van der Waals surface area contributed by atoms with Crippen molar-refractivity contribution < 1.29 is 8.42 Å². The van der Waals surface area contributed by atoms with Crippen LogP contribution < -0.4 is 4.72 Å². The Bertz CT molecular complexity index is 1170. The first-order chi connectivity index (χ1) is 13.5. The molecule has 0 saturated carbocycles. The van der Waals surface area contributed by atoms with Crippen LogP contribution in [0, 0.1) is 0 Å². The topological polar surface area (TPSA) is 94.7 Å². The number of benzene rings is 2. The molecule has 2 heterocycles. The molecular formula is C19H20N6O2S. The fraction of sp³-hybridized carbons (Fsp3) is 0.211. The van der Waals surface area contributed by atoms with Gasteiger partial charge in [-0.2, -0.15) is 5.10 Å². The average molecular weight is 396 g/mol. The van der Waals surface area contributed by atoms with Gasteiger partial charge in [-0.05, 0) is 36.8 Å². The quantitative estimate of drug-likeness (QED) is 0.517. The zero-order chi connectivity index (χ0) is 19.6. The van der Waals surface area contributed by atoms with E-state index in [1.54, 1.807) is 17.3 Å². The predicted octanol–water partition coefficient (Wildman–Crippen LogP) is 2.30. The van der Waals surface area contributed by atoms with E-state index in [-0.39, 0.29) is 11.8 Å². The van der Waals surface area contributed by atoms with Crippen LogP contribution in [0.1, 0.15) is 18.5 Å². The van der Waals surface area contributed by atoms with Crippen LogP contribution in [0.15, 0.2) is 67.5 Å². The van der Waals surface area contributed by atoms with E-state index in [1.165, 1.54) is 6.33 Å². The van der Waals surface area contributed by atoms with Crippen LogP contribution in [-0.4, -0.2) is 38.5 Å². The van der Waals surface area contributed by atoms with Gasteiger partial charge in [-0.3, -0.25) is 0 Å². The molecule has 28 heavy (non-hydrogen) atoms. The number of aryl methyl sites for hydroxylation is 1. The predicted molar refractivity (Wildman–Crippen MR) is 106 cm³/mol. The second kappa shape index (κ2) is 7.53. The van der Waals surface area contributed by atoms with Gasteiger partial charge in [-0.15, -0.1) is 0 Å². The lowest BCUT2D eigenvalue weighted by Crippen LogP contribution is -2.30. The second-order valence-corrected chi connectivity index (χ2v) is 8.39. The number of hydrogen-bond acceptors (Lipinski definition) is 5. The van der Waals surface area contributed by atoms with Gasteiger partial charge in [0.25, 0.3) is 0 Å². The molecule has 4 rings (SSSR count). The van der Waals surface area contributed by atoms with Crippen molar-refractivity contribution in [1.29, 1.82) is 0 Å². The molecule has 1 atom stereocenters. The normalized spacial score (nSPS) is 13.0. The summed E-state index contributed by atoms with van der Waals surface area (Å²) in [6, 6.07) is 14.9. The Labute approximate surface area is 162 Å². The molecule has 2 aromatic heterocycles. The zero-order valence-corrected chi connectivity index (χ0v) is 16.1. The maximum atomic E-state index is 12.5. The number of rotatable bonds is 7. The van der Waals surface area contributed by atoms with Gasteiger partial charge in [0.15, 0.2) is 0 Å². The minimum Gasteiger partial charge on any atom is -0.330 e. The van der Waals surface area contributed by atoms with E-state index in [4.69, 9.17) is 0 Å². The van der Waals surface area contributed by atoms with E-state index >= 15 is 0 Å². The van der Waals surface area contributed by atoms with Crippen molar-refractivity contribution in [2.24, 2.45) is 0 Å². The Morgan fingerprint density at radius 3 is 2.61 bits per heavy atom. The number of nitrogens with zero attached hydrogens (tertiary/aromatic N) is 5. The Morgan fingerprint density at radius 2 is 1.86 bits per heavy atom. The number of sulfonamides is 1. The van der Waals surface area contributed by atoms with Crippen molar-refractivity contribution in [2.75, 3.05) is 5.75 Å². The van der Waals surface area contributed by atoms with Gasteiger partial charge in [0.2, 0.25) is 10.0 Å². The van der Waals surface area contributed by atoms with Gasteiger partial charge in [0, 0.05) is 12.6 Å². The van der Waals surface area contributed by atoms with E-state index in [0.717, 1.165) is 22.3 Å². The van der Waals surface area contributed by atoms with Crippen molar-refractivity contribution in [2.45, 2.75) is 19.5 Å². The van der Waals surface area contributed by atoms with Gasteiger partial charge >= 0.3 is 0 Å². The SMILES string of the molecule is C[C@@H](NS(=O)(=O)CCn1cnc2ccccc21)c1ccc(-n2cncn2)cc1. The van der Waals surface area contributed by atoms with E-state index in [2.05, 4.69) is 19.8 Å². The molecule has 0 fully saturated rings. The van der Waals surface area contributed by atoms with Crippen LogP contribution in [0.3, 0.4) is 0 Å². The molecule has 0 bridgehead atoms. The smallest absolute Gasteiger partial charge is 0.213 e. The summed E-state index contributed by atoms with van der Waals surface area (Å²) in [5.41, 5.74) is 3.52. The first-order valence-electron chi connectivity index (χ1n) is 8.87. The van der Waals surface area contributed by atoms with E-state index < -0.39 is 10.0 Å². The third-order valence-corrected chi connectivity index (χ3v) is 5.99. The molecule has 0 aliphatic carbocycles. The second-order valence-electron chi connectivity index (χ2n) is 6.52. The van der Waals surface area contributed by atoms with Crippen LogP contribution in [0.4, 0.5) is 0 Å². The van der Waals surface area contributed by atoms with E-state index in [1.807, 2.05) is 60.0 Å². The van der Waals surface area contributed by atoms with Crippen LogP contribution in [0.25, 0.3) is 16.7 Å². The summed E-state index contributed by atoms with van der Waals surface area (Å²) in [4.78, 5) is 8.21. The molecule has 9 heteroatoms. The Kier molecular flexibility index (Phi) is 4.93. The summed E-state index contributed by atoms with van der Waals surface area (Å²) < 4.78 is 31.3. The summed E-state index contributed by atoms with van der Waals surface area (Å²) >= 11 is 0. The lowest BCUT2D eigenvalue weighted by Gasteiger charge is -2.15. The lowest BCUT2D eigenvalue weighted by atomic mass is 10.1. The molecule has 0 aliphatic heterocycles. The standard InChI is InChI=1S/C19H20N6O2S/c1-15(16-6-8-17(9-7-16)25-13-20-12-22-25)23-28(26,27)11-10-24-14-21-18-4-2-3-5-19(18)24/h2-9,12-15,23H,10-11H2,1H3/t15-/m1/s1. The minimum absolute atomic E-state index is 0.0191. The van der Waals surface area contributed by atoms with Crippen molar-refractivity contribution in [3.63, 3.8) is 0 Å². The molecule has 0 aliphatic rings. The Balaban J connectivity index is 1.41. The first kappa shape index (κ1) is 18.3. The molecule has 2 aromatic carbocycles. The highest BCUT2D eigenvalue weighted by Crippen LogP contribution is 2.17. The summed E-state index contributed by atoms with van der Waals surface area (Å²) in [5.74, 6) is -0.0191.